The fourth-order valence-electron chi connectivity index (χ4n) is 1.63. The number of benzene rings is 1. The van der Waals surface area contributed by atoms with Gasteiger partial charge in [-0.15, -0.1) is 0 Å². The van der Waals surface area contributed by atoms with Crippen LogP contribution in [-0.2, 0) is 11.4 Å². The van der Waals surface area contributed by atoms with Crippen LogP contribution in [0.25, 0.3) is 0 Å². The number of anilines is 1. The number of hydrogen-bond acceptors (Lipinski definition) is 3. The summed E-state index contributed by atoms with van der Waals surface area (Å²) in [5, 5.41) is 12.4. The SMILES string of the molecule is CC(C)CNC(=O)CN(C)c1ccc(CO)cc1Cl. The van der Waals surface area contributed by atoms with Gasteiger partial charge in [0.2, 0.25) is 5.91 Å². The summed E-state index contributed by atoms with van der Waals surface area (Å²) in [6, 6.07) is 5.31. The van der Waals surface area contributed by atoms with E-state index in [9.17, 15) is 4.79 Å². The number of rotatable bonds is 6. The van der Waals surface area contributed by atoms with Crippen LogP contribution in [0.3, 0.4) is 0 Å². The Labute approximate surface area is 119 Å². The van der Waals surface area contributed by atoms with Crippen molar-refractivity contribution in [2.75, 3.05) is 25.0 Å². The Hall–Kier alpha value is -1.26. The molecule has 1 rings (SSSR count). The topological polar surface area (TPSA) is 52.6 Å². The van der Waals surface area contributed by atoms with Gasteiger partial charge in [0.1, 0.15) is 0 Å². The first-order valence-corrected chi connectivity index (χ1v) is 6.69. The number of aliphatic hydroxyl groups is 1. The summed E-state index contributed by atoms with van der Waals surface area (Å²) in [5.41, 5.74) is 1.53. The molecule has 0 aliphatic carbocycles. The first kappa shape index (κ1) is 15.8. The number of amides is 1. The quantitative estimate of drug-likeness (QED) is 0.840. The van der Waals surface area contributed by atoms with E-state index < -0.39 is 0 Å². The van der Waals surface area contributed by atoms with E-state index in [2.05, 4.69) is 19.2 Å². The highest BCUT2D eigenvalue weighted by Gasteiger charge is 2.11. The van der Waals surface area contributed by atoms with Gasteiger partial charge in [0.15, 0.2) is 0 Å². The number of likely N-dealkylation sites (N-methyl/N-ethyl adjacent to an activating group) is 1. The van der Waals surface area contributed by atoms with Gasteiger partial charge in [0.05, 0.1) is 23.9 Å². The van der Waals surface area contributed by atoms with Crippen LogP contribution >= 0.6 is 11.6 Å². The smallest absolute Gasteiger partial charge is 0.239 e. The van der Waals surface area contributed by atoms with Crippen LogP contribution in [0.1, 0.15) is 19.4 Å². The lowest BCUT2D eigenvalue weighted by Crippen LogP contribution is -2.36. The monoisotopic (exact) mass is 284 g/mol. The van der Waals surface area contributed by atoms with Crippen molar-refractivity contribution in [3.63, 3.8) is 0 Å². The molecule has 0 fully saturated rings. The van der Waals surface area contributed by atoms with Gasteiger partial charge in [-0.1, -0.05) is 31.5 Å². The van der Waals surface area contributed by atoms with E-state index in [1.165, 1.54) is 0 Å². The minimum absolute atomic E-state index is 0.0292. The molecule has 106 valence electrons. The lowest BCUT2D eigenvalue weighted by atomic mass is 10.2. The molecule has 5 heteroatoms. The normalized spacial score (nSPS) is 10.6. The van der Waals surface area contributed by atoms with Gasteiger partial charge in [0, 0.05) is 13.6 Å². The predicted octanol–water partition coefficient (Wildman–Crippen LogP) is 2.04. The Bertz CT molecular complexity index is 435. The van der Waals surface area contributed by atoms with E-state index in [1.807, 2.05) is 13.1 Å². The van der Waals surface area contributed by atoms with Crippen LogP contribution in [0.2, 0.25) is 5.02 Å². The zero-order chi connectivity index (χ0) is 14.4. The molecule has 19 heavy (non-hydrogen) atoms. The van der Waals surface area contributed by atoms with Crippen LogP contribution in [0.15, 0.2) is 18.2 Å². The van der Waals surface area contributed by atoms with E-state index in [0.29, 0.717) is 17.5 Å². The molecule has 4 nitrogen and oxygen atoms in total. The molecule has 0 radical (unpaired) electrons. The highest BCUT2D eigenvalue weighted by Crippen LogP contribution is 2.25. The summed E-state index contributed by atoms with van der Waals surface area (Å²) in [7, 11) is 1.81. The van der Waals surface area contributed by atoms with E-state index >= 15 is 0 Å². The number of nitrogens with one attached hydrogen (secondary N) is 1. The van der Waals surface area contributed by atoms with Crippen LogP contribution in [0, 0.1) is 5.92 Å². The molecule has 1 aromatic carbocycles. The third-order valence-electron chi connectivity index (χ3n) is 2.69. The second kappa shape index (κ2) is 7.36. The van der Waals surface area contributed by atoms with Crippen molar-refractivity contribution in [3.8, 4) is 0 Å². The van der Waals surface area contributed by atoms with Gasteiger partial charge < -0.3 is 15.3 Å². The maximum atomic E-state index is 11.7. The summed E-state index contributed by atoms with van der Waals surface area (Å²) < 4.78 is 0. The number of halogens is 1. The molecular weight excluding hydrogens is 264 g/mol. The van der Waals surface area contributed by atoms with Gasteiger partial charge in [-0.05, 0) is 23.6 Å². The van der Waals surface area contributed by atoms with E-state index in [0.717, 1.165) is 11.3 Å². The Morgan fingerprint density at radius 1 is 1.47 bits per heavy atom. The van der Waals surface area contributed by atoms with Gasteiger partial charge in [-0.25, -0.2) is 0 Å². The zero-order valence-corrected chi connectivity index (χ0v) is 12.4. The molecule has 0 aliphatic heterocycles. The average Bonchev–Trinajstić information content (AvgIpc) is 2.35. The molecular formula is C14H21ClN2O2. The third kappa shape index (κ3) is 5.09. The fourth-order valence-corrected chi connectivity index (χ4v) is 1.98. The molecule has 0 saturated heterocycles. The summed E-state index contributed by atoms with van der Waals surface area (Å²) in [4.78, 5) is 13.5. The summed E-state index contributed by atoms with van der Waals surface area (Å²) in [6.07, 6.45) is 0. The second-order valence-electron chi connectivity index (χ2n) is 5.00. The Kier molecular flexibility index (Phi) is 6.12. The van der Waals surface area contributed by atoms with Crippen LogP contribution in [0.4, 0.5) is 5.69 Å². The number of aliphatic hydroxyl groups excluding tert-OH is 1. The highest BCUT2D eigenvalue weighted by atomic mass is 35.5. The molecule has 0 aliphatic rings. The average molecular weight is 285 g/mol. The van der Waals surface area contributed by atoms with Crippen molar-refractivity contribution in [2.45, 2.75) is 20.5 Å². The molecule has 0 spiro atoms. The van der Waals surface area contributed by atoms with E-state index in [-0.39, 0.29) is 19.1 Å². The number of carbonyl (C=O) groups is 1. The Balaban J connectivity index is 2.62. The molecule has 0 unspecified atom stereocenters. The zero-order valence-electron chi connectivity index (χ0n) is 11.6. The van der Waals surface area contributed by atoms with Crippen LogP contribution in [-0.4, -0.2) is 31.2 Å². The van der Waals surface area contributed by atoms with Gasteiger partial charge in [-0.3, -0.25) is 4.79 Å². The molecule has 1 amide bonds. The van der Waals surface area contributed by atoms with Crippen LogP contribution in [0.5, 0.6) is 0 Å². The molecule has 2 N–H and O–H groups in total. The van der Waals surface area contributed by atoms with Crippen molar-refractivity contribution in [2.24, 2.45) is 5.92 Å². The first-order chi connectivity index (χ1) is 8.93. The summed E-state index contributed by atoms with van der Waals surface area (Å²) in [6.45, 7) is 4.98. The van der Waals surface area contributed by atoms with Gasteiger partial charge >= 0.3 is 0 Å². The van der Waals surface area contributed by atoms with Crippen molar-refractivity contribution >= 4 is 23.2 Å². The molecule has 0 saturated carbocycles. The number of nitrogens with zero attached hydrogens (tertiary/aromatic N) is 1. The fraction of sp³-hybridized carbons (Fsp3) is 0.500. The predicted molar refractivity (Wildman–Crippen MR) is 78.5 cm³/mol. The van der Waals surface area contributed by atoms with Gasteiger partial charge in [-0.2, -0.15) is 0 Å². The maximum absolute atomic E-state index is 11.7. The molecule has 0 heterocycles. The van der Waals surface area contributed by atoms with E-state index in [1.54, 1.807) is 17.0 Å². The van der Waals surface area contributed by atoms with Crippen molar-refractivity contribution < 1.29 is 9.90 Å². The molecule has 0 aromatic heterocycles. The van der Waals surface area contributed by atoms with Crippen LogP contribution < -0.4 is 10.2 Å². The second-order valence-corrected chi connectivity index (χ2v) is 5.41. The third-order valence-corrected chi connectivity index (χ3v) is 3.00. The summed E-state index contributed by atoms with van der Waals surface area (Å²) in [5.74, 6) is 0.403. The summed E-state index contributed by atoms with van der Waals surface area (Å²) >= 11 is 6.13. The number of hydrogen-bond donors (Lipinski definition) is 2. The largest absolute Gasteiger partial charge is 0.392 e. The van der Waals surface area contributed by atoms with E-state index in [4.69, 9.17) is 16.7 Å². The Morgan fingerprint density at radius 3 is 2.68 bits per heavy atom. The lowest BCUT2D eigenvalue weighted by Gasteiger charge is -2.20. The molecule has 1 aromatic rings. The van der Waals surface area contributed by atoms with Crippen molar-refractivity contribution in [3.05, 3.63) is 28.8 Å². The molecule has 0 atom stereocenters. The number of carbonyl (C=O) groups excluding carboxylic acids is 1. The highest BCUT2D eigenvalue weighted by molar-refractivity contribution is 6.33. The van der Waals surface area contributed by atoms with Crippen molar-refractivity contribution in [1.82, 2.24) is 5.32 Å². The minimum Gasteiger partial charge on any atom is -0.392 e. The van der Waals surface area contributed by atoms with Crippen molar-refractivity contribution in [1.29, 1.82) is 0 Å². The maximum Gasteiger partial charge on any atom is 0.239 e. The first-order valence-electron chi connectivity index (χ1n) is 6.31. The minimum atomic E-state index is -0.0431. The standard InChI is InChI=1S/C14H21ClN2O2/c1-10(2)7-16-14(19)8-17(3)13-5-4-11(9-18)6-12(13)15/h4-6,10,18H,7-9H2,1-3H3,(H,16,19). The molecule has 0 bridgehead atoms. The lowest BCUT2D eigenvalue weighted by molar-refractivity contribution is -0.119. The van der Waals surface area contributed by atoms with Gasteiger partial charge in [0.25, 0.3) is 0 Å². The Morgan fingerprint density at radius 2 is 2.16 bits per heavy atom.